The normalized spacial score (nSPS) is 15.8. The molecule has 0 N–H and O–H groups in total. The van der Waals surface area contributed by atoms with Crippen LogP contribution in [0.15, 0.2) is 12.3 Å². The van der Waals surface area contributed by atoms with Crippen LogP contribution in [0.4, 0.5) is 11.5 Å². The predicted octanol–water partition coefficient (Wildman–Crippen LogP) is 1.99. The number of hydrogen-bond acceptors (Lipinski definition) is 5. The zero-order valence-corrected chi connectivity index (χ0v) is 13.3. The SMILES string of the molecule is Cc1cc([N+](=O)[O-])cnc1N1CCCN(C(=O)C(C)C)CC1. The van der Waals surface area contributed by atoms with Crippen molar-refractivity contribution in [1.82, 2.24) is 9.88 Å². The summed E-state index contributed by atoms with van der Waals surface area (Å²) in [6, 6.07) is 1.55. The largest absolute Gasteiger partial charge is 0.355 e. The molecule has 0 aliphatic carbocycles. The van der Waals surface area contributed by atoms with E-state index in [-0.39, 0.29) is 17.5 Å². The molecular weight excluding hydrogens is 284 g/mol. The third-order valence-corrected chi connectivity index (χ3v) is 3.85. The third-order valence-electron chi connectivity index (χ3n) is 3.85. The lowest BCUT2D eigenvalue weighted by Crippen LogP contribution is -2.37. The van der Waals surface area contributed by atoms with E-state index in [0.717, 1.165) is 30.9 Å². The lowest BCUT2D eigenvalue weighted by Gasteiger charge is -2.24. The van der Waals surface area contributed by atoms with E-state index in [0.29, 0.717) is 13.1 Å². The predicted molar refractivity (Wildman–Crippen MR) is 83.9 cm³/mol. The first-order valence-electron chi connectivity index (χ1n) is 7.55. The first-order valence-corrected chi connectivity index (χ1v) is 7.55. The van der Waals surface area contributed by atoms with Crippen molar-refractivity contribution in [2.45, 2.75) is 27.2 Å². The van der Waals surface area contributed by atoms with Gasteiger partial charge in [0.05, 0.1) is 4.92 Å². The van der Waals surface area contributed by atoms with E-state index in [2.05, 4.69) is 9.88 Å². The first kappa shape index (κ1) is 16.2. The molecule has 2 heterocycles. The first-order chi connectivity index (χ1) is 10.4. The van der Waals surface area contributed by atoms with Gasteiger partial charge in [-0.05, 0) is 18.9 Å². The van der Waals surface area contributed by atoms with E-state index < -0.39 is 4.92 Å². The highest BCUT2D eigenvalue weighted by Gasteiger charge is 2.23. The van der Waals surface area contributed by atoms with Gasteiger partial charge < -0.3 is 9.80 Å². The molecule has 0 radical (unpaired) electrons. The molecule has 0 aromatic carbocycles. The van der Waals surface area contributed by atoms with Gasteiger partial charge in [0, 0.05) is 38.2 Å². The van der Waals surface area contributed by atoms with Crippen LogP contribution in [0.5, 0.6) is 0 Å². The maximum absolute atomic E-state index is 12.1. The Bertz CT molecular complexity index is 574. The number of hydrogen-bond donors (Lipinski definition) is 0. The Balaban J connectivity index is 2.11. The van der Waals surface area contributed by atoms with Crippen molar-refractivity contribution in [3.63, 3.8) is 0 Å². The number of nitrogens with zero attached hydrogens (tertiary/aromatic N) is 4. The average Bonchev–Trinajstić information content (AvgIpc) is 2.72. The van der Waals surface area contributed by atoms with Crippen LogP contribution in [0, 0.1) is 23.0 Å². The second-order valence-corrected chi connectivity index (χ2v) is 5.91. The zero-order valence-electron chi connectivity index (χ0n) is 13.3. The Morgan fingerprint density at radius 2 is 2.05 bits per heavy atom. The molecule has 1 fully saturated rings. The van der Waals surface area contributed by atoms with Gasteiger partial charge in [0.15, 0.2) is 0 Å². The maximum atomic E-state index is 12.1. The molecule has 2 rings (SSSR count). The highest BCUT2D eigenvalue weighted by Crippen LogP contribution is 2.23. The van der Waals surface area contributed by atoms with Crippen molar-refractivity contribution in [2.75, 3.05) is 31.1 Å². The van der Waals surface area contributed by atoms with Crippen LogP contribution >= 0.6 is 0 Å². The van der Waals surface area contributed by atoms with Gasteiger partial charge in [-0.25, -0.2) is 4.98 Å². The minimum Gasteiger partial charge on any atom is -0.355 e. The standard InChI is InChI=1S/C15H22N4O3/c1-11(2)15(20)18-6-4-5-17(7-8-18)14-12(3)9-13(10-16-14)19(21)22/h9-11H,4-8H2,1-3H3. The minimum absolute atomic E-state index is 0.00536. The van der Waals surface area contributed by atoms with Crippen LogP contribution < -0.4 is 4.90 Å². The van der Waals surface area contributed by atoms with Gasteiger partial charge in [0.2, 0.25) is 5.91 Å². The van der Waals surface area contributed by atoms with Crippen molar-refractivity contribution in [1.29, 1.82) is 0 Å². The summed E-state index contributed by atoms with van der Waals surface area (Å²) in [4.78, 5) is 30.7. The molecule has 1 aliphatic rings. The Kier molecular flexibility index (Phi) is 4.95. The van der Waals surface area contributed by atoms with Crippen molar-refractivity contribution < 1.29 is 9.72 Å². The molecule has 1 aliphatic heterocycles. The fourth-order valence-corrected chi connectivity index (χ4v) is 2.70. The summed E-state index contributed by atoms with van der Waals surface area (Å²) >= 11 is 0. The lowest BCUT2D eigenvalue weighted by atomic mass is 10.2. The second-order valence-electron chi connectivity index (χ2n) is 5.91. The molecule has 0 bridgehead atoms. The quantitative estimate of drug-likeness (QED) is 0.630. The molecule has 7 heteroatoms. The van der Waals surface area contributed by atoms with E-state index in [1.165, 1.54) is 6.20 Å². The molecule has 0 saturated carbocycles. The number of rotatable bonds is 3. The summed E-state index contributed by atoms with van der Waals surface area (Å²) in [6.45, 7) is 8.56. The van der Waals surface area contributed by atoms with Crippen molar-refractivity contribution in [3.8, 4) is 0 Å². The molecule has 1 saturated heterocycles. The van der Waals surface area contributed by atoms with Crippen LogP contribution in [0.2, 0.25) is 0 Å². The second kappa shape index (κ2) is 6.72. The lowest BCUT2D eigenvalue weighted by molar-refractivity contribution is -0.385. The van der Waals surface area contributed by atoms with Crippen molar-refractivity contribution in [2.24, 2.45) is 5.92 Å². The van der Waals surface area contributed by atoms with Crippen LogP contribution in [0.3, 0.4) is 0 Å². The third kappa shape index (κ3) is 3.52. The molecule has 0 spiro atoms. The molecular formula is C15H22N4O3. The fourth-order valence-electron chi connectivity index (χ4n) is 2.70. The highest BCUT2D eigenvalue weighted by atomic mass is 16.6. The molecule has 0 atom stereocenters. The van der Waals surface area contributed by atoms with Gasteiger partial charge in [-0.3, -0.25) is 14.9 Å². The summed E-state index contributed by atoms with van der Waals surface area (Å²) in [5.41, 5.74) is 0.797. The van der Waals surface area contributed by atoms with Crippen LogP contribution in [0.1, 0.15) is 25.8 Å². The number of anilines is 1. The number of carbonyl (C=O) groups excluding carboxylic acids is 1. The molecule has 1 aromatic rings. The number of pyridine rings is 1. The monoisotopic (exact) mass is 306 g/mol. The molecule has 0 unspecified atom stereocenters. The van der Waals surface area contributed by atoms with Crippen molar-refractivity contribution in [3.05, 3.63) is 27.9 Å². The Labute approximate surface area is 130 Å². The van der Waals surface area contributed by atoms with Gasteiger partial charge >= 0.3 is 0 Å². The summed E-state index contributed by atoms with van der Waals surface area (Å²) in [5, 5.41) is 10.8. The van der Waals surface area contributed by atoms with Crippen LogP contribution in [-0.4, -0.2) is 46.9 Å². The van der Waals surface area contributed by atoms with Gasteiger partial charge in [-0.15, -0.1) is 0 Å². The smallest absolute Gasteiger partial charge is 0.287 e. The summed E-state index contributed by atoms with van der Waals surface area (Å²) in [6.07, 6.45) is 2.17. The van der Waals surface area contributed by atoms with Gasteiger partial charge in [-0.1, -0.05) is 13.8 Å². The molecule has 7 nitrogen and oxygen atoms in total. The summed E-state index contributed by atoms with van der Waals surface area (Å²) < 4.78 is 0. The summed E-state index contributed by atoms with van der Waals surface area (Å²) in [5.74, 6) is 0.950. The molecule has 22 heavy (non-hydrogen) atoms. The van der Waals surface area contributed by atoms with E-state index in [9.17, 15) is 14.9 Å². The number of aryl methyl sites for hydroxylation is 1. The van der Waals surface area contributed by atoms with E-state index in [1.54, 1.807) is 6.07 Å². The average molecular weight is 306 g/mol. The highest BCUT2D eigenvalue weighted by molar-refractivity contribution is 5.78. The van der Waals surface area contributed by atoms with Crippen LogP contribution in [0.25, 0.3) is 0 Å². The minimum atomic E-state index is -0.435. The Morgan fingerprint density at radius 1 is 1.32 bits per heavy atom. The summed E-state index contributed by atoms with van der Waals surface area (Å²) in [7, 11) is 0. The molecule has 1 aromatic heterocycles. The Hall–Kier alpha value is -2.18. The maximum Gasteiger partial charge on any atom is 0.287 e. The fraction of sp³-hybridized carbons (Fsp3) is 0.600. The van der Waals surface area contributed by atoms with Gasteiger partial charge in [-0.2, -0.15) is 0 Å². The Morgan fingerprint density at radius 3 is 2.64 bits per heavy atom. The number of nitro groups is 1. The topological polar surface area (TPSA) is 79.6 Å². The number of amides is 1. The molecule has 1 amide bonds. The van der Waals surface area contributed by atoms with E-state index in [4.69, 9.17) is 0 Å². The van der Waals surface area contributed by atoms with Gasteiger partial charge in [0.1, 0.15) is 12.0 Å². The molecule has 120 valence electrons. The van der Waals surface area contributed by atoms with Crippen LogP contribution in [-0.2, 0) is 4.79 Å². The van der Waals surface area contributed by atoms with E-state index in [1.807, 2.05) is 25.7 Å². The van der Waals surface area contributed by atoms with E-state index >= 15 is 0 Å². The van der Waals surface area contributed by atoms with Crippen molar-refractivity contribution >= 4 is 17.4 Å². The number of carbonyl (C=O) groups is 1. The zero-order chi connectivity index (χ0) is 16.3. The number of aromatic nitrogens is 1. The van der Waals surface area contributed by atoms with Gasteiger partial charge in [0.25, 0.3) is 5.69 Å².